The highest BCUT2D eigenvalue weighted by Gasteiger charge is 2.23. The van der Waals surface area contributed by atoms with E-state index in [9.17, 15) is 4.79 Å². The van der Waals surface area contributed by atoms with E-state index in [4.69, 9.17) is 0 Å². The number of carbonyl (C=O) groups is 1. The molecule has 2 rings (SSSR count). The molecule has 1 atom stereocenters. The molecule has 1 unspecified atom stereocenters. The Balaban J connectivity index is 2.15. The highest BCUT2D eigenvalue weighted by molar-refractivity contribution is 7.05. The number of hydrogen-bond acceptors (Lipinski definition) is 3. The third kappa shape index (κ3) is 2.88. The Morgan fingerprint density at radius 3 is 3.06 bits per heavy atom. The summed E-state index contributed by atoms with van der Waals surface area (Å²) in [5, 5.41) is 0. The van der Waals surface area contributed by atoms with Gasteiger partial charge in [-0.3, -0.25) is 4.79 Å². The zero-order valence-corrected chi connectivity index (χ0v) is 11.4. The molecule has 0 saturated carbocycles. The lowest BCUT2D eigenvalue weighted by Crippen LogP contribution is -2.39. The van der Waals surface area contributed by atoms with Crippen molar-refractivity contribution in [1.29, 1.82) is 0 Å². The smallest absolute Gasteiger partial charge is 0.246 e. The standard InChI is InChI=1S/C14H18N2OS/c1-3-14(17)16(12-7-5-4-6-8-12)10-13-11(2)9-15-18-13/h3-5,9,12H,1,6-8,10H2,2H3. The molecule has 1 aromatic heterocycles. The number of rotatable bonds is 4. The summed E-state index contributed by atoms with van der Waals surface area (Å²) >= 11 is 1.47. The fourth-order valence-corrected chi connectivity index (χ4v) is 2.92. The first kappa shape index (κ1) is 13.0. The highest BCUT2D eigenvalue weighted by atomic mass is 32.1. The zero-order chi connectivity index (χ0) is 13.0. The molecule has 0 fully saturated rings. The van der Waals surface area contributed by atoms with Gasteiger partial charge < -0.3 is 4.90 Å². The van der Waals surface area contributed by atoms with Crippen molar-refractivity contribution in [3.05, 3.63) is 41.4 Å². The molecule has 0 bridgehead atoms. The maximum absolute atomic E-state index is 12.0. The van der Waals surface area contributed by atoms with Gasteiger partial charge in [0.2, 0.25) is 5.91 Å². The molecular formula is C14H18N2OS. The van der Waals surface area contributed by atoms with Gasteiger partial charge in [-0.1, -0.05) is 18.7 Å². The number of aromatic nitrogens is 1. The van der Waals surface area contributed by atoms with Crippen LogP contribution >= 0.6 is 11.5 Å². The minimum absolute atomic E-state index is 0.0168. The van der Waals surface area contributed by atoms with E-state index < -0.39 is 0 Å². The molecule has 4 heteroatoms. The first-order chi connectivity index (χ1) is 8.72. The average Bonchev–Trinajstić information content (AvgIpc) is 2.81. The van der Waals surface area contributed by atoms with Crippen molar-refractivity contribution < 1.29 is 4.79 Å². The third-order valence-electron chi connectivity index (χ3n) is 3.30. The van der Waals surface area contributed by atoms with Gasteiger partial charge >= 0.3 is 0 Å². The largest absolute Gasteiger partial charge is 0.331 e. The van der Waals surface area contributed by atoms with Gasteiger partial charge in [0.1, 0.15) is 0 Å². The Kier molecular flexibility index (Phi) is 4.31. The average molecular weight is 262 g/mol. The second-order valence-corrected chi connectivity index (χ2v) is 5.43. The van der Waals surface area contributed by atoms with Gasteiger partial charge in [-0.25, -0.2) is 4.37 Å². The highest BCUT2D eigenvalue weighted by Crippen LogP contribution is 2.23. The van der Waals surface area contributed by atoms with Crippen molar-refractivity contribution in [2.45, 2.75) is 38.8 Å². The van der Waals surface area contributed by atoms with Crippen LogP contribution in [0.2, 0.25) is 0 Å². The van der Waals surface area contributed by atoms with E-state index in [2.05, 4.69) is 23.1 Å². The van der Waals surface area contributed by atoms with Gasteiger partial charge in [0.15, 0.2) is 0 Å². The van der Waals surface area contributed by atoms with Crippen molar-refractivity contribution in [2.24, 2.45) is 0 Å². The van der Waals surface area contributed by atoms with Crippen LogP contribution < -0.4 is 0 Å². The lowest BCUT2D eigenvalue weighted by atomic mass is 10.00. The van der Waals surface area contributed by atoms with E-state index in [1.807, 2.05) is 18.0 Å². The maximum atomic E-state index is 12.0. The van der Waals surface area contributed by atoms with Gasteiger partial charge in [-0.05, 0) is 49.4 Å². The number of carbonyl (C=O) groups excluding carboxylic acids is 1. The minimum atomic E-state index is 0.0168. The number of aryl methyl sites for hydroxylation is 1. The van der Waals surface area contributed by atoms with Crippen LogP contribution in [0.1, 0.15) is 29.7 Å². The Morgan fingerprint density at radius 2 is 2.50 bits per heavy atom. The van der Waals surface area contributed by atoms with Crippen molar-refractivity contribution in [3.63, 3.8) is 0 Å². The van der Waals surface area contributed by atoms with Crippen molar-refractivity contribution in [1.82, 2.24) is 9.27 Å². The van der Waals surface area contributed by atoms with Gasteiger partial charge in [-0.15, -0.1) is 0 Å². The van der Waals surface area contributed by atoms with Crippen LogP contribution in [-0.4, -0.2) is 21.2 Å². The van der Waals surface area contributed by atoms with E-state index >= 15 is 0 Å². The molecule has 1 heterocycles. The minimum Gasteiger partial charge on any atom is -0.331 e. The number of nitrogens with zero attached hydrogens (tertiary/aromatic N) is 2. The number of hydrogen-bond donors (Lipinski definition) is 0. The molecule has 0 saturated heterocycles. The molecule has 3 nitrogen and oxygen atoms in total. The molecule has 0 N–H and O–H groups in total. The maximum Gasteiger partial charge on any atom is 0.246 e. The monoisotopic (exact) mass is 262 g/mol. The number of allylic oxidation sites excluding steroid dienone is 1. The molecule has 0 aliphatic heterocycles. The van der Waals surface area contributed by atoms with E-state index in [1.54, 1.807) is 0 Å². The van der Waals surface area contributed by atoms with Crippen molar-refractivity contribution in [3.8, 4) is 0 Å². The van der Waals surface area contributed by atoms with Crippen LogP contribution in [0.15, 0.2) is 31.0 Å². The second kappa shape index (κ2) is 5.96. The predicted octanol–water partition coefficient (Wildman–Crippen LogP) is 3.07. The molecule has 0 aromatic carbocycles. The summed E-state index contributed by atoms with van der Waals surface area (Å²) in [4.78, 5) is 15.1. The molecule has 18 heavy (non-hydrogen) atoms. The molecule has 1 aliphatic carbocycles. The van der Waals surface area contributed by atoms with Crippen LogP contribution in [0, 0.1) is 6.92 Å². The predicted molar refractivity (Wildman–Crippen MR) is 74.4 cm³/mol. The summed E-state index contributed by atoms with van der Waals surface area (Å²) in [6.45, 7) is 6.30. The summed E-state index contributed by atoms with van der Waals surface area (Å²) in [5.41, 5.74) is 1.16. The van der Waals surface area contributed by atoms with Gasteiger partial charge in [0, 0.05) is 17.1 Å². The fraction of sp³-hybridized carbons (Fsp3) is 0.429. The normalized spacial score (nSPS) is 18.6. The Hall–Kier alpha value is -1.42. The number of amides is 1. The summed E-state index contributed by atoms with van der Waals surface area (Å²) in [6.07, 6.45) is 10.6. The first-order valence-corrected chi connectivity index (χ1v) is 6.98. The fourth-order valence-electron chi connectivity index (χ4n) is 2.19. The SMILES string of the molecule is C=CC(=O)N(Cc1sncc1C)C1CC=CCC1. The van der Waals surface area contributed by atoms with Gasteiger partial charge in [0.05, 0.1) is 6.54 Å². The van der Waals surface area contributed by atoms with Crippen LogP contribution in [0.4, 0.5) is 0 Å². The molecular weight excluding hydrogens is 244 g/mol. The third-order valence-corrected chi connectivity index (χ3v) is 4.19. The zero-order valence-electron chi connectivity index (χ0n) is 10.6. The summed E-state index contributed by atoms with van der Waals surface area (Å²) in [5.74, 6) is 0.0168. The Bertz CT molecular complexity index is 464. The topological polar surface area (TPSA) is 33.2 Å². The molecule has 96 valence electrons. The lowest BCUT2D eigenvalue weighted by Gasteiger charge is -2.31. The van der Waals surface area contributed by atoms with Gasteiger partial charge in [0.25, 0.3) is 0 Å². The quantitative estimate of drug-likeness (QED) is 0.617. The van der Waals surface area contributed by atoms with E-state index in [0.717, 1.165) is 24.8 Å². The van der Waals surface area contributed by atoms with Crippen molar-refractivity contribution >= 4 is 17.4 Å². The van der Waals surface area contributed by atoms with Crippen LogP contribution in [0.3, 0.4) is 0 Å². The Labute approximate surface area is 112 Å². The molecule has 1 amide bonds. The lowest BCUT2D eigenvalue weighted by molar-refractivity contribution is -0.129. The summed E-state index contributed by atoms with van der Waals surface area (Å²) < 4.78 is 4.17. The van der Waals surface area contributed by atoms with Crippen LogP contribution in [-0.2, 0) is 11.3 Å². The van der Waals surface area contributed by atoms with Crippen LogP contribution in [0.25, 0.3) is 0 Å². The first-order valence-electron chi connectivity index (χ1n) is 6.20. The van der Waals surface area contributed by atoms with E-state index in [-0.39, 0.29) is 5.91 Å². The van der Waals surface area contributed by atoms with E-state index in [0.29, 0.717) is 12.6 Å². The second-order valence-electron chi connectivity index (χ2n) is 4.54. The summed E-state index contributed by atoms with van der Waals surface area (Å²) in [7, 11) is 0. The van der Waals surface area contributed by atoms with Gasteiger partial charge in [-0.2, -0.15) is 0 Å². The molecule has 1 aliphatic rings. The van der Waals surface area contributed by atoms with Crippen molar-refractivity contribution in [2.75, 3.05) is 0 Å². The van der Waals surface area contributed by atoms with E-state index in [1.165, 1.54) is 22.5 Å². The summed E-state index contributed by atoms with van der Waals surface area (Å²) in [6, 6.07) is 0.294. The molecule has 0 spiro atoms. The molecule has 1 aromatic rings. The Morgan fingerprint density at radius 1 is 1.67 bits per heavy atom. The molecule has 0 radical (unpaired) electrons. The van der Waals surface area contributed by atoms with Crippen LogP contribution in [0.5, 0.6) is 0 Å².